The van der Waals surface area contributed by atoms with E-state index in [1.54, 1.807) is 19.2 Å². The maximum Gasteiger partial charge on any atom is 0.264 e. The van der Waals surface area contributed by atoms with E-state index in [0.29, 0.717) is 16.0 Å². The summed E-state index contributed by atoms with van der Waals surface area (Å²) >= 11 is 3.19. The van der Waals surface area contributed by atoms with Crippen molar-refractivity contribution in [3.05, 3.63) is 58.6 Å². The van der Waals surface area contributed by atoms with Gasteiger partial charge in [-0.05, 0) is 30.3 Å². The summed E-state index contributed by atoms with van der Waals surface area (Å²) in [7, 11) is 1.58. The highest BCUT2D eigenvalue weighted by atomic mass is 79.9. The first-order valence-corrected chi connectivity index (χ1v) is 7.50. The fourth-order valence-electron chi connectivity index (χ4n) is 1.92. The number of ether oxygens (including phenoxy) is 2. The number of nitrogens with zero attached hydrogens (tertiary/aromatic N) is 2. The van der Waals surface area contributed by atoms with Crippen molar-refractivity contribution in [3.8, 4) is 22.9 Å². The number of hydrogen-bond donors (Lipinski definition) is 0. The normalized spacial score (nSPS) is 10.6. The van der Waals surface area contributed by atoms with Gasteiger partial charge in [-0.15, -0.1) is 0 Å². The van der Waals surface area contributed by atoms with Crippen LogP contribution in [-0.4, -0.2) is 17.3 Å². The van der Waals surface area contributed by atoms with E-state index in [0.717, 1.165) is 5.56 Å². The van der Waals surface area contributed by atoms with Crippen LogP contribution < -0.4 is 9.47 Å². The third kappa shape index (κ3) is 3.68. The summed E-state index contributed by atoms with van der Waals surface area (Å²) in [5.74, 6) is 1.02. The number of benzene rings is 2. The summed E-state index contributed by atoms with van der Waals surface area (Å²) in [6.07, 6.45) is 0. The highest BCUT2D eigenvalue weighted by Crippen LogP contribution is 2.24. The van der Waals surface area contributed by atoms with E-state index < -0.39 is 5.82 Å². The molecule has 0 spiro atoms. The van der Waals surface area contributed by atoms with Gasteiger partial charge >= 0.3 is 0 Å². The predicted molar refractivity (Wildman–Crippen MR) is 84.7 cm³/mol. The first kappa shape index (κ1) is 15.5. The minimum Gasteiger partial charge on any atom is -0.497 e. The van der Waals surface area contributed by atoms with E-state index in [4.69, 9.17) is 14.0 Å². The summed E-state index contributed by atoms with van der Waals surface area (Å²) in [4.78, 5) is 4.23. The maximum atomic E-state index is 13.7. The molecule has 5 nitrogen and oxygen atoms in total. The highest BCUT2D eigenvalue weighted by molar-refractivity contribution is 9.10. The molecule has 2 aromatic carbocycles. The third-order valence-corrected chi connectivity index (χ3v) is 3.53. The molecule has 1 heterocycles. The Morgan fingerprint density at radius 3 is 2.87 bits per heavy atom. The van der Waals surface area contributed by atoms with Crippen molar-refractivity contribution in [3.63, 3.8) is 0 Å². The van der Waals surface area contributed by atoms with E-state index in [1.807, 2.05) is 18.2 Å². The minimum absolute atomic E-state index is 0.0183. The third-order valence-electron chi connectivity index (χ3n) is 3.04. The van der Waals surface area contributed by atoms with E-state index in [9.17, 15) is 4.39 Å². The van der Waals surface area contributed by atoms with Crippen molar-refractivity contribution >= 4 is 15.9 Å². The zero-order valence-electron chi connectivity index (χ0n) is 12.1. The molecule has 118 valence electrons. The molecule has 0 saturated carbocycles. The van der Waals surface area contributed by atoms with Crippen molar-refractivity contribution in [2.75, 3.05) is 7.11 Å². The van der Waals surface area contributed by atoms with Crippen molar-refractivity contribution in [2.45, 2.75) is 6.61 Å². The fourth-order valence-corrected chi connectivity index (χ4v) is 2.26. The Kier molecular flexibility index (Phi) is 4.57. The summed E-state index contributed by atoms with van der Waals surface area (Å²) < 4.78 is 29.9. The van der Waals surface area contributed by atoms with Crippen LogP contribution in [0.4, 0.5) is 4.39 Å². The van der Waals surface area contributed by atoms with Crippen molar-refractivity contribution < 1.29 is 18.4 Å². The second kappa shape index (κ2) is 6.78. The number of methoxy groups -OCH3 is 1. The lowest BCUT2D eigenvalue weighted by atomic mass is 10.2. The van der Waals surface area contributed by atoms with Gasteiger partial charge in [0.1, 0.15) is 5.75 Å². The summed E-state index contributed by atoms with van der Waals surface area (Å²) in [5, 5.41) is 3.89. The number of aromatic nitrogens is 2. The van der Waals surface area contributed by atoms with Crippen LogP contribution in [0.25, 0.3) is 11.4 Å². The topological polar surface area (TPSA) is 57.4 Å². The van der Waals surface area contributed by atoms with Gasteiger partial charge in [-0.25, -0.2) is 4.39 Å². The van der Waals surface area contributed by atoms with E-state index >= 15 is 0 Å². The number of hydrogen-bond acceptors (Lipinski definition) is 5. The molecule has 0 aliphatic carbocycles. The first-order valence-electron chi connectivity index (χ1n) is 6.70. The average molecular weight is 379 g/mol. The molecule has 0 fully saturated rings. The van der Waals surface area contributed by atoms with Gasteiger partial charge in [0.25, 0.3) is 5.89 Å². The second-order valence-corrected chi connectivity index (χ2v) is 5.52. The smallest absolute Gasteiger partial charge is 0.264 e. The van der Waals surface area contributed by atoms with Crippen LogP contribution in [0.15, 0.2) is 51.5 Å². The standard InChI is InChI=1S/C16H12BrFN2O3/c1-21-12-4-2-3-10(7-12)16-19-15(23-20-16)9-22-14-6-5-11(17)8-13(14)18/h2-8H,9H2,1H3. The van der Waals surface area contributed by atoms with Crippen LogP contribution in [0.1, 0.15) is 5.89 Å². The van der Waals surface area contributed by atoms with E-state index in [-0.39, 0.29) is 18.2 Å². The lowest BCUT2D eigenvalue weighted by molar-refractivity contribution is 0.234. The van der Waals surface area contributed by atoms with Gasteiger partial charge < -0.3 is 14.0 Å². The van der Waals surface area contributed by atoms with Gasteiger partial charge in [0.15, 0.2) is 18.2 Å². The lowest BCUT2D eigenvalue weighted by Crippen LogP contribution is -1.97. The summed E-state index contributed by atoms with van der Waals surface area (Å²) in [5.41, 5.74) is 0.758. The zero-order valence-corrected chi connectivity index (χ0v) is 13.7. The Labute approximate surface area is 140 Å². The number of halogens is 2. The Balaban J connectivity index is 1.72. The molecule has 0 radical (unpaired) electrons. The van der Waals surface area contributed by atoms with Gasteiger partial charge in [0.2, 0.25) is 5.82 Å². The molecule has 0 saturated heterocycles. The Bertz CT molecular complexity index is 823. The van der Waals surface area contributed by atoms with Crippen molar-refractivity contribution in [1.82, 2.24) is 10.1 Å². The Hall–Kier alpha value is -2.41. The lowest BCUT2D eigenvalue weighted by Gasteiger charge is -2.04. The predicted octanol–water partition coefficient (Wildman–Crippen LogP) is 4.23. The summed E-state index contributed by atoms with van der Waals surface area (Å²) in [6.45, 7) is -0.0183. The Morgan fingerprint density at radius 2 is 2.09 bits per heavy atom. The molecule has 0 amide bonds. The molecule has 0 unspecified atom stereocenters. The molecule has 3 rings (SSSR count). The molecule has 0 atom stereocenters. The molecular formula is C16H12BrFN2O3. The summed E-state index contributed by atoms with van der Waals surface area (Å²) in [6, 6.07) is 11.8. The fraction of sp³-hybridized carbons (Fsp3) is 0.125. The monoisotopic (exact) mass is 378 g/mol. The van der Waals surface area contributed by atoms with Crippen LogP contribution in [0.2, 0.25) is 0 Å². The highest BCUT2D eigenvalue weighted by Gasteiger charge is 2.11. The molecule has 7 heteroatoms. The van der Waals surface area contributed by atoms with Crippen LogP contribution in [0.5, 0.6) is 11.5 Å². The molecular weight excluding hydrogens is 367 g/mol. The van der Waals surface area contributed by atoms with Gasteiger partial charge in [0, 0.05) is 10.0 Å². The second-order valence-electron chi connectivity index (χ2n) is 4.61. The van der Waals surface area contributed by atoms with Crippen LogP contribution in [0.3, 0.4) is 0 Å². The average Bonchev–Trinajstić information content (AvgIpc) is 3.03. The largest absolute Gasteiger partial charge is 0.497 e. The quantitative estimate of drug-likeness (QED) is 0.664. The zero-order chi connectivity index (χ0) is 16.2. The van der Waals surface area contributed by atoms with Crippen molar-refractivity contribution in [1.29, 1.82) is 0 Å². The Morgan fingerprint density at radius 1 is 1.22 bits per heavy atom. The molecule has 1 aromatic heterocycles. The molecule has 0 N–H and O–H groups in total. The van der Waals surface area contributed by atoms with Crippen LogP contribution >= 0.6 is 15.9 Å². The van der Waals surface area contributed by atoms with E-state index in [1.165, 1.54) is 12.1 Å². The van der Waals surface area contributed by atoms with Gasteiger partial charge in [-0.2, -0.15) is 4.98 Å². The van der Waals surface area contributed by atoms with Crippen LogP contribution in [-0.2, 0) is 6.61 Å². The molecule has 0 aliphatic rings. The van der Waals surface area contributed by atoms with Gasteiger partial charge in [0.05, 0.1) is 7.11 Å². The van der Waals surface area contributed by atoms with Crippen LogP contribution in [0, 0.1) is 5.82 Å². The SMILES string of the molecule is COc1cccc(-c2noc(COc3ccc(Br)cc3F)n2)c1. The molecule has 0 bridgehead atoms. The van der Waals surface area contributed by atoms with Gasteiger partial charge in [-0.1, -0.05) is 33.2 Å². The van der Waals surface area contributed by atoms with E-state index in [2.05, 4.69) is 26.1 Å². The van der Waals surface area contributed by atoms with Gasteiger partial charge in [-0.3, -0.25) is 0 Å². The molecule has 23 heavy (non-hydrogen) atoms. The maximum absolute atomic E-state index is 13.7. The number of rotatable bonds is 5. The van der Waals surface area contributed by atoms with Crippen molar-refractivity contribution in [2.24, 2.45) is 0 Å². The molecule has 3 aromatic rings. The first-order chi connectivity index (χ1) is 11.2. The molecule has 0 aliphatic heterocycles. The minimum atomic E-state index is -0.466.